The normalized spacial score (nSPS) is 11.5. The molecule has 0 aliphatic heterocycles. The van der Waals surface area contributed by atoms with Crippen molar-refractivity contribution in [3.8, 4) is 0 Å². The molecule has 1 rings (SSSR count). The maximum absolute atomic E-state index is 11.0. The molecule has 1 radical (unpaired) electrons. The Morgan fingerprint density at radius 2 is 1.85 bits per heavy atom. The molecule has 0 unspecified atom stereocenters. The standard InChI is InChI=1S/C9H12NO2S/c1-2-13(11,12)10-8-9-6-4-3-5-7-9/h3-7H,2,8H2,1H3. The van der Waals surface area contributed by atoms with Crippen molar-refractivity contribution in [1.82, 2.24) is 4.72 Å². The molecule has 0 saturated carbocycles. The van der Waals surface area contributed by atoms with E-state index in [2.05, 4.69) is 4.72 Å². The smallest absolute Gasteiger partial charge is 0.211 e. The minimum atomic E-state index is -3.19. The highest BCUT2D eigenvalue weighted by molar-refractivity contribution is 7.89. The zero-order chi connectivity index (χ0) is 9.73. The molecule has 0 heterocycles. The molecular weight excluding hydrogens is 186 g/mol. The maximum atomic E-state index is 11.0. The SMILES string of the molecule is CCS(=O)(=O)[N]Cc1ccccc1. The second-order valence-electron chi connectivity index (χ2n) is 2.64. The molecule has 0 bridgehead atoms. The van der Waals surface area contributed by atoms with Gasteiger partial charge in [0.25, 0.3) is 0 Å². The van der Waals surface area contributed by atoms with E-state index in [1.54, 1.807) is 6.92 Å². The van der Waals surface area contributed by atoms with Crippen LogP contribution in [-0.2, 0) is 16.6 Å². The molecule has 0 aliphatic rings. The summed E-state index contributed by atoms with van der Waals surface area (Å²) in [6.45, 7) is 1.83. The number of hydrogen-bond acceptors (Lipinski definition) is 2. The predicted octanol–water partition coefficient (Wildman–Crippen LogP) is 1.14. The van der Waals surface area contributed by atoms with E-state index < -0.39 is 10.0 Å². The molecule has 0 aromatic heterocycles. The van der Waals surface area contributed by atoms with Gasteiger partial charge in [-0.25, -0.2) is 8.42 Å². The second kappa shape index (κ2) is 4.39. The lowest BCUT2D eigenvalue weighted by molar-refractivity contribution is 0.581. The summed E-state index contributed by atoms with van der Waals surface area (Å²) in [5, 5.41) is 0. The highest BCUT2D eigenvalue weighted by atomic mass is 32.2. The van der Waals surface area contributed by atoms with Crippen molar-refractivity contribution < 1.29 is 8.42 Å². The van der Waals surface area contributed by atoms with Crippen LogP contribution < -0.4 is 4.72 Å². The fourth-order valence-electron chi connectivity index (χ4n) is 0.848. The summed E-state index contributed by atoms with van der Waals surface area (Å²) in [6, 6.07) is 9.33. The van der Waals surface area contributed by atoms with E-state index in [1.165, 1.54) is 0 Å². The molecule has 0 atom stereocenters. The first-order chi connectivity index (χ1) is 6.14. The average molecular weight is 198 g/mol. The van der Waals surface area contributed by atoms with E-state index in [9.17, 15) is 8.42 Å². The molecule has 13 heavy (non-hydrogen) atoms. The number of benzene rings is 1. The monoisotopic (exact) mass is 198 g/mol. The van der Waals surface area contributed by atoms with Gasteiger partial charge in [0.1, 0.15) is 0 Å². The van der Waals surface area contributed by atoms with Crippen LogP contribution in [0.2, 0.25) is 0 Å². The van der Waals surface area contributed by atoms with Gasteiger partial charge in [-0.3, -0.25) is 0 Å². The molecule has 0 saturated heterocycles. The second-order valence-corrected chi connectivity index (χ2v) is 4.64. The van der Waals surface area contributed by atoms with Crippen LogP contribution >= 0.6 is 0 Å². The Hall–Kier alpha value is -0.870. The maximum Gasteiger partial charge on any atom is 0.227 e. The summed E-state index contributed by atoms with van der Waals surface area (Å²) < 4.78 is 25.6. The number of hydrogen-bond donors (Lipinski definition) is 0. The van der Waals surface area contributed by atoms with Crippen LogP contribution in [0.25, 0.3) is 0 Å². The third-order valence-corrected chi connectivity index (χ3v) is 2.90. The van der Waals surface area contributed by atoms with E-state index in [0.717, 1.165) is 5.56 Å². The summed E-state index contributed by atoms with van der Waals surface area (Å²) in [7, 11) is -3.19. The number of nitrogens with zero attached hydrogens (tertiary/aromatic N) is 1. The first-order valence-electron chi connectivity index (χ1n) is 4.09. The Labute approximate surface area is 78.8 Å². The molecule has 1 aromatic carbocycles. The van der Waals surface area contributed by atoms with Gasteiger partial charge in [0, 0.05) is 0 Å². The lowest BCUT2D eigenvalue weighted by Gasteiger charge is -2.00. The zero-order valence-corrected chi connectivity index (χ0v) is 8.29. The summed E-state index contributed by atoms with van der Waals surface area (Å²) in [5.74, 6) is 0.0693. The van der Waals surface area contributed by atoms with E-state index in [4.69, 9.17) is 0 Å². The molecule has 71 valence electrons. The van der Waals surface area contributed by atoms with Crippen LogP contribution in [0.5, 0.6) is 0 Å². The van der Waals surface area contributed by atoms with E-state index in [1.807, 2.05) is 30.3 Å². The molecule has 3 nitrogen and oxygen atoms in total. The Kier molecular flexibility index (Phi) is 3.45. The molecule has 0 amide bonds. The van der Waals surface area contributed by atoms with Crippen molar-refractivity contribution >= 4 is 10.0 Å². The highest BCUT2D eigenvalue weighted by Crippen LogP contribution is 1.99. The van der Waals surface area contributed by atoms with Crippen LogP contribution in [0.4, 0.5) is 0 Å². The average Bonchev–Trinajstić information content (AvgIpc) is 2.17. The molecule has 0 aliphatic carbocycles. The fraction of sp³-hybridized carbons (Fsp3) is 0.333. The molecular formula is C9H12NO2S. The van der Waals surface area contributed by atoms with E-state index in [-0.39, 0.29) is 12.3 Å². The van der Waals surface area contributed by atoms with Crippen LogP contribution in [0.1, 0.15) is 12.5 Å². The Bertz CT molecular complexity index is 345. The summed E-state index contributed by atoms with van der Waals surface area (Å²) in [5.41, 5.74) is 0.916. The van der Waals surface area contributed by atoms with E-state index >= 15 is 0 Å². The first-order valence-corrected chi connectivity index (χ1v) is 5.70. The van der Waals surface area contributed by atoms with E-state index in [0.29, 0.717) is 0 Å². The molecule has 0 fully saturated rings. The van der Waals surface area contributed by atoms with Gasteiger partial charge in [-0.2, -0.15) is 0 Å². The zero-order valence-electron chi connectivity index (χ0n) is 7.47. The minimum Gasteiger partial charge on any atom is -0.211 e. The van der Waals surface area contributed by atoms with Crippen molar-refractivity contribution in [3.63, 3.8) is 0 Å². The Morgan fingerprint density at radius 1 is 1.23 bits per heavy atom. The van der Waals surface area contributed by atoms with Crippen molar-refractivity contribution in [2.45, 2.75) is 13.5 Å². The van der Waals surface area contributed by atoms with Crippen molar-refractivity contribution in [2.24, 2.45) is 0 Å². The van der Waals surface area contributed by atoms with Gasteiger partial charge in [0.2, 0.25) is 10.0 Å². The van der Waals surface area contributed by atoms with Gasteiger partial charge in [-0.05, 0) is 12.5 Å². The number of rotatable bonds is 4. The predicted molar refractivity (Wildman–Crippen MR) is 51.7 cm³/mol. The topological polar surface area (TPSA) is 48.2 Å². The lowest BCUT2D eigenvalue weighted by atomic mass is 10.2. The van der Waals surface area contributed by atoms with Crippen molar-refractivity contribution in [2.75, 3.05) is 5.75 Å². The highest BCUT2D eigenvalue weighted by Gasteiger charge is 2.06. The van der Waals surface area contributed by atoms with Crippen LogP contribution in [0.3, 0.4) is 0 Å². The third kappa shape index (κ3) is 3.57. The van der Waals surface area contributed by atoms with Crippen molar-refractivity contribution in [3.05, 3.63) is 35.9 Å². The quantitative estimate of drug-likeness (QED) is 0.728. The summed E-state index contributed by atoms with van der Waals surface area (Å²) in [4.78, 5) is 0. The van der Waals surface area contributed by atoms with Gasteiger partial charge in [-0.15, -0.1) is 4.72 Å². The van der Waals surface area contributed by atoms with Crippen molar-refractivity contribution in [1.29, 1.82) is 0 Å². The Morgan fingerprint density at radius 3 is 2.38 bits per heavy atom. The third-order valence-electron chi connectivity index (χ3n) is 1.65. The van der Waals surface area contributed by atoms with Gasteiger partial charge in [0.15, 0.2) is 0 Å². The molecule has 0 spiro atoms. The fourth-order valence-corrected chi connectivity index (χ4v) is 1.38. The summed E-state index contributed by atoms with van der Waals surface area (Å²) >= 11 is 0. The number of sulfonamides is 1. The Balaban J connectivity index is 2.54. The van der Waals surface area contributed by atoms with Gasteiger partial charge in [0.05, 0.1) is 12.3 Å². The van der Waals surface area contributed by atoms with Crippen LogP contribution in [0.15, 0.2) is 30.3 Å². The van der Waals surface area contributed by atoms with Gasteiger partial charge < -0.3 is 0 Å². The largest absolute Gasteiger partial charge is 0.227 e. The summed E-state index contributed by atoms with van der Waals surface area (Å²) in [6.07, 6.45) is 0. The molecule has 0 N–H and O–H groups in total. The molecule has 1 aromatic rings. The van der Waals surface area contributed by atoms with Gasteiger partial charge in [-0.1, -0.05) is 30.3 Å². The van der Waals surface area contributed by atoms with Gasteiger partial charge >= 0.3 is 0 Å². The molecule has 4 heteroatoms. The van der Waals surface area contributed by atoms with Crippen LogP contribution in [0, 0.1) is 0 Å². The minimum absolute atomic E-state index is 0.0693. The van der Waals surface area contributed by atoms with Crippen LogP contribution in [-0.4, -0.2) is 14.2 Å². The first kappa shape index (κ1) is 10.2. The lowest BCUT2D eigenvalue weighted by Crippen LogP contribution is -2.17.